The van der Waals surface area contributed by atoms with Crippen LogP contribution in [0.3, 0.4) is 0 Å². The number of aliphatic hydroxyl groups excluding tert-OH is 1. The topological polar surface area (TPSA) is 80.0 Å². The highest BCUT2D eigenvalue weighted by Crippen LogP contribution is 2.30. The van der Waals surface area contributed by atoms with Crippen LogP contribution in [0.2, 0.25) is 0 Å². The van der Waals surface area contributed by atoms with Crippen LogP contribution < -0.4 is 0 Å². The van der Waals surface area contributed by atoms with Crippen LogP contribution in [0.1, 0.15) is 18.6 Å². The normalized spacial score (nSPS) is 21.7. The second-order valence-electron chi connectivity index (χ2n) is 4.37. The maximum atomic E-state index is 12.5. The Bertz CT molecular complexity index is 541. The SMILES string of the molecule is COC1CCCN(S(=O)(=O)c2cc(CO)oc2Br)C1. The predicted molar refractivity (Wildman–Crippen MR) is 71.1 cm³/mol. The molecule has 1 aliphatic rings. The number of furan rings is 1. The van der Waals surface area contributed by atoms with E-state index in [1.165, 1.54) is 10.4 Å². The lowest BCUT2D eigenvalue weighted by atomic mass is 10.1. The Kier molecular flexibility index (Phi) is 4.67. The molecule has 108 valence electrons. The first-order chi connectivity index (χ1) is 8.98. The molecule has 8 heteroatoms. The van der Waals surface area contributed by atoms with Gasteiger partial charge in [0.1, 0.15) is 17.3 Å². The summed E-state index contributed by atoms with van der Waals surface area (Å²) in [6, 6.07) is 1.34. The van der Waals surface area contributed by atoms with Gasteiger partial charge >= 0.3 is 0 Å². The second-order valence-corrected chi connectivity index (χ2v) is 7.00. The van der Waals surface area contributed by atoms with Crippen LogP contribution in [0.15, 0.2) is 20.0 Å². The number of hydrogen-bond acceptors (Lipinski definition) is 5. The number of nitrogens with zero attached hydrogens (tertiary/aromatic N) is 1. The number of aliphatic hydroxyl groups is 1. The zero-order valence-electron chi connectivity index (χ0n) is 10.5. The van der Waals surface area contributed by atoms with Gasteiger partial charge in [-0.1, -0.05) is 0 Å². The summed E-state index contributed by atoms with van der Waals surface area (Å²) in [5, 5.41) is 8.99. The Morgan fingerprint density at radius 1 is 1.63 bits per heavy atom. The van der Waals surface area contributed by atoms with Crippen molar-refractivity contribution in [3.8, 4) is 0 Å². The molecule has 0 bridgehead atoms. The van der Waals surface area contributed by atoms with Gasteiger partial charge in [-0.25, -0.2) is 8.42 Å². The quantitative estimate of drug-likeness (QED) is 0.883. The largest absolute Gasteiger partial charge is 0.450 e. The molecule has 0 amide bonds. The minimum Gasteiger partial charge on any atom is -0.450 e. The molecule has 2 heterocycles. The van der Waals surface area contributed by atoms with E-state index >= 15 is 0 Å². The van der Waals surface area contributed by atoms with Gasteiger partial charge < -0.3 is 14.3 Å². The highest BCUT2D eigenvalue weighted by Gasteiger charge is 2.33. The molecule has 1 saturated heterocycles. The van der Waals surface area contributed by atoms with Gasteiger partial charge in [-0.15, -0.1) is 0 Å². The van der Waals surface area contributed by atoms with Gasteiger partial charge in [0.05, 0.1) is 6.10 Å². The summed E-state index contributed by atoms with van der Waals surface area (Å²) in [5.41, 5.74) is 0. The molecule has 0 spiro atoms. The first-order valence-corrected chi connectivity index (χ1v) is 8.14. The Morgan fingerprint density at radius 2 is 2.37 bits per heavy atom. The summed E-state index contributed by atoms with van der Waals surface area (Å²) < 4.78 is 36.9. The zero-order chi connectivity index (χ0) is 14.0. The van der Waals surface area contributed by atoms with Crippen LogP contribution >= 0.6 is 15.9 Å². The summed E-state index contributed by atoms with van der Waals surface area (Å²) in [6.45, 7) is 0.466. The third-order valence-corrected chi connectivity index (χ3v) is 5.88. The molecule has 0 radical (unpaired) electrons. The molecule has 0 aliphatic carbocycles. The van der Waals surface area contributed by atoms with E-state index in [1.807, 2.05) is 0 Å². The van der Waals surface area contributed by atoms with Gasteiger partial charge in [0.15, 0.2) is 4.67 Å². The van der Waals surface area contributed by atoms with Crippen LogP contribution in [-0.4, -0.2) is 44.1 Å². The van der Waals surface area contributed by atoms with E-state index in [2.05, 4.69) is 15.9 Å². The molecule has 2 rings (SSSR count). The highest BCUT2D eigenvalue weighted by atomic mass is 79.9. The number of hydrogen-bond donors (Lipinski definition) is 1. The average Bonchev–Trinajstić information content (AvgIpc) is 2.81. The lowest BCUT2D eigenvalue weighted by Gasteiger charge is -2.30. The molecular weight excluding hydrogens is 338 g/mol. The smallest absolute Gasteiger partial charge is 0.247 e. The molecule has 1 aromatic heterocycles. The molecule has 19 heavy (non-hydrogen) atoms. The van der Waals surface area contributed by atoms with Crippen molar-refractivity contribution in [3.05, 3.63) is 16.5 Å². The molecule has 0 saturated carbocycles. The molecule has 1 unspecified atom stereocenters. The third kappa shape index (κ3) is 3.03. The number of sulfonamides is 1. The summed E-state index contributed by atoms with van der Waals surface area (Å²) in [6.07, 6.45) is 1.54. The van der Waals surface area contributed by atoms with Crippen LogP contribution in [-0.2, 0) is 21.4 Å². The summed E-state index contributed by atoms with van der Waals surface area (Å²) in [4.78, 5) is 0.0494. The van der Waals surface area contributed by atoms with Gasteiger partial charge in [-0.05, 0) is 28.8 Å². The van der Waals surface area contributed by atoms with Gasteiger partial charge in [0.2, 0.25) is 10.0 Å². The van der Waals surface area contributed by atoms with E-state index in [1.54, 1.807) is 7.11 Å². The van der Waals surface area contributed by atoms with Crippen LogP contribution in [0, 0.1) is 0 Å². The van der Waals surface area contributed by atoms with Crippen molar-refractivity contribution in [3.63, 3.8) is 0 Å². The van der Waals surface area contributed by atoms with Crippen LogP contribution in [0.25, 0.3) is 0 Å². The number of halogens is 1. The van der Waals surface area contributed by atoms with E-state index in [0.29, 0.717) is 13.1 Å². The number of methoxy groups -OCH3 is 1. The summed E-state index contributed by atoms with van der Waals surface area (Å²) in [5.74, 6) is 0.214. The molecule has 1 aromatic rings. The molecular formula is C11H16BrNO5S. The number of rotatable bonds is 4. The Labute approximate surface area is 120 Å². The number of ether oxygens (including phenoxy) is 1. The molecule has 6 nitrogen and oxygen atoms in total. The fourth-order valence-corrected chi connectivity index (χ4v) is 4.58. The van der Waals surface area contributed by atoms with Gasteiger partial charge in [0.25, 0.3) is 0 Å². The zero-order valence-corrected chi connectivity index (χ0v) is 12.9. The Morgan fingerprint density at radius 3 is 2.95 bits per heavy atom. The molecule has 1 fully saturated rings. The first kappa shape index (κ1) is 15.0. The van der Waals surface area contributed by atoms with Gasteiger partial charge in [-0.3, -0.25) is 0 Å². The van der Waals surface area contributed by atoms with Crippen molar-refractivity contribution in [1.82, 2.24) is 4.31 Å². The van der Waals surface area contributed by atoms with Gasteiger partial charge in [-0.2, -0.15) is 4.31 Å². The first-order valence-electron chi connectivity index (χ1n) is 5.91. The lowest BCUT2D eigenvalue weighted by molar-refractivity contribution is 0.0571. The third-order valence-electron chi connectivity index (χ3n) is 3.15. The average molecular weight is 354 g/mol. The van der Waals surface area contributed by atoms with Crippen LogP contribution in [0.4, 0.5) is 0 Å². The predicted octanol–water partition coefficient (Wildman–Crippen LogP) is 1.33. The van der Waals surface area contributed by atoms with Crippen molar-refractivity contribution in [2.24, 2.45) is 0 Å². The highest BCUT2D eigenvalue weighted by molar-refractivity contribution is 9.10. The minimum atomic E-state index is -3.62. The van der Waals surface area contributed by atoms with Gasteiger partial charge in [0, 0.05) is 26.3 Å². The van der Waals surface area contributed by atoms with Crippen molar-refractivity contribution in [2.45, 2.75) is 30.4 Å². The summed E-state index contributed by atoms with van der Waals surface area (Å²) in [7, 11) is -2.04. The molecule has 1 aliphatic heterocycles. The van der Waals surface area contributed by atoms with Crippen molar-refractivity contribution in [2.75, 3.05) is 20.2 Å². The maximum Gasteiger partial charge on any atom is 0.247 e. The van der Waals surface area contributed by atoms with E-state index in [4.69, 9.17) is 14.3 Å². The fraction of sp³-hybridized carbons (Fsp3) is 0.636. The van der Waals surface area contributed by atoms with Crippen LogP contribution in [0.5, 0.6) is 0 Å². The summed E-state index contributed by atoms with van der Waals surface area (Å²) >= 11 is 3.08. The minimum absolute atomic E-state index is 0.0494. The van der Waals surface area contributed by atoms with E-state index in [-0.39, 0.29) is 28.0 Å². The van der Waals surface area contributed by atoms with Crippen molar-refractivity contribution < 1.29 is 22.7 Å². The standard InChI is InChI=1S/C11H16BrNO5S/c1-17-8-3-2-4-13(6-8)19(15,16)10-5-9(7-14)18-11(10)12/h5,8,14H,2-4,6-7H2,1H3. The number of piperidine rings is 1. The monoisotopic (exact) mass is 353 g/mol. The lowest BCUT2D eigenvalue weighted by Crippen LogP contribution is -2.42. The van der Waals surface area contributed by atoms with E-state index in [9.17, 15) is 8.42 Å². The van der Waals surface area contributed by atoms with E-state index < -0.39 is 10.0 Å². The molecule has 1 atom stereocenters. The fourth-order valence-electron chi connectivity index (χ4n) is 2.11. The second kappa shape index (κ2) is 5.92. The molecule has 1 N–H and O–H groups in total. The Balaban J connectivity index is 2.28. The maximum absolute atomic E-state index is 12.5. The molecule has 0 aromatic carbocycles. The Hall–Kier alpha value is -0.410. The van der Waals surface area contributed by atoms with E-state index in [0.717, 1.165) is 12.8 Å². The van der Waals surface area contributed by atoms with Crippen molar-refractivity contribution >= 4 is 26.0 Å². The van der Waals surface area contributed by atoms with Crippen molar-refractivity contribution in [1.29, 1.82) is 0 Å².